The van der Waals surface area contributed by atoms with E-state index < -0.39 is 0 Å². The minimum absolute atomic E-state index is 0.359. The number of para-hydroxylation sites is 1. The second-order valence-corrected chi connectivity index (χ2v) is 7.21. The number of hydrogen-bond donors (Lipinski definition) is 3. The molecule has 0 saturated heterocycles. The third kappa shape index (κ3) is 4.92. The number of rotatable bonds is 6. The molecule has 150 valence electrons. The molecule has 1 aromatic heterocycles. The molecule has 0 bridgehead atoms. The lowest BCUT2D eigenvalue weighted by Gasteiger charge is -2.13. The number of ether oxygens (including phenoxy) is 1. The van der Waals surface area contributed by atoms with Gasteiger partial charge in [-0.25, -0.2) is 9.97 Å². The van der Waals surface area contributed by atoms with Gasteiger partial charge in [0.2, 0.25) is 0 Å². The van der Waals surface area contributed by atoms with E-state index in [9.17, 15) is 0 Å². The molecular weight excluding hydrogens is 421 g/mol. The van der Waals surface area contributed by atoms with Gasteiger partial charge >= 0.3 is 0 Å². The Morgan fingerprint density at radius 1 is 0.700 bits per heavy atom. The Hall–Kier alpha value is -3.48. The number of nitrogens with two attached hydrogens (primary N) is 1. The Kier molecular flexibility index (Phi) is 5.88. The summed E-state index contributed by atoms with van der Waals surface area (Å²) < 4.78 is 5.80. The predicted molar refractivity (Wildman–Crippen MR) is 122 cm³/mol. The van der Waals surface area contributed by atoms with E-state index in [1.807, 2.05) is 54.6 Å². The smallest absolute Gasteiger partial charge is 0.159 e. The lowest BCUT2D eigenvalue weighted by molar-refractivity contribution is 0.483. The van der Waals surface area contributed by atoms with E-state index in [2.05, 4.69) is 20.6 Å². The first-order valence-corrected chi connectivity index (χ1v) is 9.76. The summed E-state index contributed by atoms with van der Waals surface area (Å²) in [4.78, 5) is 8.43. The van der Waals surface area contributed by atoms with Gasteiger partial charge in [-0.2, -0.15) is 0 Å². The standard InChI is InChI=1S/C22H17Cl2N5O/c23-14-10-15(24)12-17(11-14)29-22-20(25)21(26-13-27-22)28-16-6-8-19(9-7-16)30-18-4-2-1-3-5-18/h1-13H,25H2,(H2,26,27,28,29). The quantitative estimate of drug-likeness (QED) is 0.313. The summed E-state index contributed by atoms with van der Waals surface area (Å²) in [5, 5.41) is 7.32. The number of nitrogen functional groups attached to an aromatic ring is 1. The molecule has 0 atom stereocenters. The Morgan fingerprint density at radius 3 is 1.90 bits per heavy atom. The lowest BCUT2D eigenvalue weighted by atomic mass is 10.3. The monoisotopic (exact) mass is 437 g/mol. The fourth-order valence-electron chi connectivity index (χ4n) is 2.73. The summed E-state index contributed by atoms with van der Waals surface area (Å²) in [6.45, 7) is 0. The summed E-state index contributed by atoms with van der Waals surface area (Å²) in [6.07, 6.45) is 1.42. The van der Waals surface area contributed by atoms with E-state index in [0.29, 0.717) is 33.1 Å². The largest absolute Gasteiger partial charge is 0.457 e. The molecule has 8 heteroatoms. The Balaban J connectivity index is 1.49. The summed E-state index contributed by atoms with van der Waals surface area (Å²) in [7, 11) is 0. The molecular formula is C22H17Cl2N5O. The molecule has 0 saturated carbocycles. The highest BCUT2D eigenvalue weighted by Crippen LogP contribution is 2.31. The van der Waals surface area contributed by atoms with Crippen molar-refractivity contribution in [2.45, 2.75) is 0 Å². The van der Waals surface area contributed by atoms with E-state index in [1.54, 1.807) is 18.2 Å². The number of halogens is 2. The first-order chi connectivity index (χ1) is 14.6. The zero-order chi connectivity index (χ0) is 20.9. The molecule has 4 aromatic rings. The average molecular weight is 438 g/mol. The number of benzene rings is 3. The molecule has 30 heavy (non-hydrogen) atoms. The number of hydrogen-bond acceptors (Lipinski definition) is 6. The van der Waals surface area contributed by atoms with Crippen LogP contribution in [0, 0.1) is 0 Å². The SMILES string of the molecule is Nc1c(Nc2ccc(Oc3ccccc3)cc2)ncnc1Nc1cc(Cl)cc(Cl)c1. The molecule has 0 spiro atoms. The van der Waals surface area contributed by atoms with Gasteiger partial charge in [0.1, 0.15) is 23.5 Å². The molecule has 4 N–H and O–H groups in total. The van der Waals surface area contributed by atoms with Crippen LogP contribution in [0.3, 0.4) is 0 Å². The topological polar surface area (TPSA) is 85.1 Å². The van der Waals surface area contributed by atoms with Crippen molar-refractivity contribution >= 4 is 51.9 Å². The van der Waals surface area contributed by atoms with Gasteiger partial charge < -0.3 is 21.1 Å². The van der Waals surface area contributed by atoms with Gasteiger partial charge in [-0.1, -0.05) is 41.4 Å². The normalized spacial score (nSPS) is 10.5. The Bertz CT molecular complexity index is 1130. The molecule has 0 fully saturated rings. The molecule has 0 radical (unpaired) electrons. The van der Waals surface area contributed by atoms with Crippen molar-refractivity contribution in [3.05, 3.63) is 89.2 Å². The summed E-state index contributed by atoms with van der Waals surface area (Å²) >= 11 is 12.1. The first-order valence-electron chi connectivity index (χ1n) is 9.00. The van der Waals surface area contributed by atoms with Crippen molar-refractivity contribution in [3.8, 4) is 11.5 Å². The van der Waals surface area contributed by atoms with Crippen molar-refractivity contribution < 1.29 is 4.74 Å². The van der Waals surface area contributed by atoms with E-state index in [4.69, 9.17) is 33.7 Å². The van der Waals surface area contributed by atoms with E-state index >= 15 is 0 Å². The fourth-order valence-corrected chi connectivity index (χ4v) is 3.25. The minimum atomic E-state index is 0.359. The van der Waals surface area contributed by atoms with Crippen molar-refractivity contribution in [3.63, 3.8) is 0 Å². The van der Waals surface area contributed by atoms with Crippen LogP contribution in [0.2, 0.25) is 10.0 Å². The van der Waals surface area contributed by atoms with Gasteiger partial charge in [-0.3, -0.25) is 0 Å². The van der Waals surface area contributed by atoms with Crippen LogP contribution in [-0.4, -0.2) is 9.97 Å². The van der Waals surface area contributed by atoms with Crippen molar-refractivity contribution in [1.82, 2.24) is 9.97 Å². The summed E-state index contributed by atoms with van der Waals surface area (Å²) in [5.41, 5.74) is 8.08. The van der Waals surface area contributed by atoms with E-state index in [-0.39, 0.29) is 0 Å². The van der Waals surface area contributed by atoms with Crippen molar-refractivity contribution in [2.24, 2.45) is 0 Å². The third-order valence-electron chi connectivity index (χ3n) is 4.11. The van der Waals surface area contributed by atoms with Crippen LogP contribution in [0.4, 0.5) is 28.7 Å². The second kappa shape index (κ2) is 8.90. The van der Waals surface area contributed by atoms with Crippen LogP contribution in [0.15, 0.2) is 79.1 Å². The molecule has 0 unspecified atom stereocenters. The van der Waals surface area contributed by atoms with Crippen LogP contribution in [0.25, 0.3) is 0 Å². The molecule has 3 aromatic carbocycles. The highest BCUT2D eigenvalue weighted by molar-refractivity contribution is 6.35. The maximum atomic E-state index is 6.25. The highest BCUT2D eigenvalue weighted by Gasteiger charge is 2.10. The van der Waals surface area contributed by atoms with Crippen LogP contribution in [-0.2, 0) is 0 Å². The number of aromatic nitrogens is 2. The molecule has 0 aliphatic heterocycles. The Labute approximate surface area is 183 Å². The molecule has 4 rings (SSSR count). The summed E-state index contributed by atoms with van der Waals surface area (Å²) in [6, 6.07) is 22.2. The first kappa shape index (κ1) is 19.8. The molecule has 1 heterocycles. The lowest BCUT2D eigenvalue weighted by Crippen LogP contribution is -2.05. The fraction of sp³-hybridized carbons (Fsp3) is 0. The number of nitrogens with one attached hydrogen (secondary N) is 2. The van der Waals surface area contributed by atoms with Gasteiger partial charge in [-0.15, -0.1) is 0 Å². The molecule has 0 amide bonds. The second-order valence-electron chi connectivity index (χ2n) is 6.33. The van der Waals surface area contributed by atoms with Gasteiger partial charge in [0.15, 0.2) is 11.6 Å². The van der Waals surface area contributed by atoms with Crippen molar-refractivity contribution in [1.29, 1.82) is 0 Å². The van der Waals surface area contributed by atoms with Crippen LogP contribution >= 0.6 is 23.2 Å². The van der Waals surface area contributed by atoms with Crippen LogP contribution < -0.4 is 21.1 Å². The molecule has 0 aliphatic carbocycles. The summed E-state index contributed by atoms with van der Waals surface area (Å²) in [5.74, 6) is 2.41. The van der Waals surface area contributed by atoms with Gasteiger partial charge in [0.05, 0.1) is 0 Å². The molecule has 0 aliphatic rings. The zero-order valence-corrected chi connectivity index (χ0v) is 17.2. The number of nitrogens with zero attached hydrogens (tertiary/aromatic N) is 2. The molecule has 6 nitrogen and oxygen atoms in total. The van der Waals surface area contributed by atoms with E-state index in [1.165, 1.54) is 6.33 Å². The van der Waals surface area contributed by atoms with Crippen molar-refractivity contribution in [2.75, 3.05) is 16.4 Å². The maximum Gasteiger partial charge on any atom is 0.159 e. The van der Waals surface area contributed by atoms with E-state index in [0.717, 1.165) is 17.2 Å². The van der Waals surface area contributed by atoms with Gasteiger partial charge in [-0.05, 0) is 54.6 Å². The third-order valence-corrected chi connectivity index (χ3v) is 4.54. The van der Waals surface area contributed by atoms with Crippen LogP contribution in [0.5, 0.6) is 11.5 Å². The average Bonchev–Trinajstić information content (AvgIpc) is 2.72. The van der Waals surface area contributed by atoms with Gasteiger partial charge in [0.25, 0.3) is 0 Å². The zero-order valence-electron chi connectivity index (χ0n) is 15.6. The number of anilines is 5. The minimum Gasteiger partial charge on any atom is -0.457 e. The maximum absolute atomic E-state index is 6.25. The Morgan fingerprint density at radius 2 is 1.27 bits per heavy atom. The van der Waals surface area contributed by atoms with Crippen LogP contribution in [0.1, 0.15) is 0 Å². The predicted octanol–water partition coefficient (Wildman–Crippen LogP) is 6.65. The van der Waals surface area contributed by atoms with Gasteiger partial charge in [0, 0.05) is 21.4 Å². The highest BCUT2D eigenvalue weighted by atomic mass is 35.5.